The molecule has 0 aromatic carbocycles. The summed E-state index contributed by atoms with van der Waals surface area (Å²) in [7, 11) is 1.78. The van der Waals surface area contributed by atoms with Crippen LogP contribution in [0.5, 0.6) is 0 Å². The van der Waals surface area contributed by atoms with Crippen molar-refractivity contribution in [3.05, 3.63) is 23.9 Å². The molecule has 1 aromatic rings. The number of rotatable bonds is 7. The van der Waals surface area contributed by atoms with Gasteiger partial charge in [-0.15, -0.1) is 0 Å². The summed E-state index contributed by atoms with van der Waals surface area (Å²) in [5.74, 6) is -1.99. The number of amides is 1. The number of aromatic nitrogens is 1. The predicted octanol–water partition coefficient (Wildman–Crippen LogP) is 3.65. The SMILES string of the molecule is CNc1nc(C2=CCC(NC(=O)C3CC3)CC2)ccc1NCC1CC1(F)F. The van der Waals surface area contributed by atoms with Crippen LogP contribution in [0.15, 0.2) is 18.2 Å². The van der Waals surface area contributed by atoms with Gasteiger partial charge in [0.2, 0.25) is 5.91 Å². The van der Waals surface area contributed by atoms with Crippen LogP contribution < -0.4 is 16.0 Å². The van der Waals surface area contributed by atoms with E-state index in [1.807, 2.05) is 12.1 Å². The van der Waals surface area contributed by atoms with Crippen LogP contribution in [0.4, 0.5) is 20.3 Å². The molecule has 2 fully saturated rings. The highest BCUT2D eigenvalue weighted by molar-refractivity contribution is 5.81. The van der Waals surface area contributed by atoms with Crippen molar-refractivity contribution < 1.29 is 13.6 Å². The van der Waals surface area contributed by atoms with Crippen LogP contribution in [0.2, 0.25) is 0 Å². The van der Waals surface area contributed by atoms with E-state index in [4.69, 9.17) is 0 Å². The van der Waals surface area contributed by atoms with Gasteiger partial charge in [-0.2, -0.15) is 0 Å². The maximum absolute atomic E-state index is 13.0. The van der Waals surface area contributed by atoms with Crippen LogP contribution >= 0.6 is 0 Å². The monoisotopic (exact) mass is 376 g/mol. The largest absolute Gasteiger partial charge is 0.382 e. The average Bonchev–Trinajstić information content (AvgIpc) is 3.58. The van der Waals surface area contributed by atoms with Gasteiger partial charge in [0.05, 0.1) is 11.4 Å². The Bertz CT molecular complexity index is 760. The topological polar surface area (TPSA) is 66.0 Å². The van der Waals surface area contributed by atoms with E-state index in [9.17, 15) is 13.6 Å². The molecule has 0 bridgehead atoms. The van der Waals surface area contributed by atoms with Crippen molar-refractivity contribution in [2.24, 2.45) is 11.8 Å². The number of allylic oxidation sites excluding steroid dienone is 1. The van der Waals surface area contributed by atoms with Gasteiger partial charge in [-0.3, -0.25) is 4.79 Å². The zero-order valence-electron chi connectivity index (χ0n) is 15.5. The number of pyridine rings is 1. The molecule has 1 aromatic heterocycles. The number of anilines is 2. The molecule has 1 amide bonds. The fraction of sp³-hybridized carbons (Fsp3) is 0.600. The van der Waals surface area contributed by atoms with Crippen LogP contribution in [0.3, 0.4) is 0 Å². The highest BCUT2D eigenvalue weighted by atomic mass is 19.3. The Labute approximate surface area is 158 Å². The van der Waals surface area contributed by atoms with Crippen LogP contribution in [0, 0.1) is 11.8 Å². The van der Waals surface area contributed by atoms with Crippen molar-refractivity contribution in [2.45, 2.75) is 50.5 Å². The molecule has 3 aliphatic rings. The number of hydrogen-bond acceptors (Lipinski definition) is 4. The van der Waals surface area contributed by atoms with E-state index in [1.165, 1.54) is 5.57 Å². The summed E-state index contributed by atoms with van der Waals surface area (Å²) in [6.45, 7) is 0.258. The molecule has 7 heteroatoms. The summed E-state index contributed by atoms with van der Waals surface area (Å²) in [5.41, 5.74) is 2.81. The summed E-state index contributed by atoms with van der Waals surface area (Å²) in [5, 5.41) is 9.27. The van der Waals surface area contributed by atoms with E-state index in [0.29, 0.717) is 5.82 Å². The van der Waals surface area contributed by atoms with Crippen LogP contribution in [0.25, 0.3) is 5.57 Å². The van der Waals surface area contributed by atoms with Gasteiger partial charge < -0.3 is 16.0 Å². The van der Waals surface area contributed by atoms with Gasteiger partial charge in [0, 0.05) is 37.9 Å². The Morgan fingerprint density at radius 1 is 1.30 bits per heavy atom. The maximum Gasteiger partial charge on any atom is 0.253 e. The molecule has 0 radical (unpaired) electrons. The van der Waals surface area contributed by atoms with Gasteiger partial charge in [-0.1, -0.05) is 6.08 Å². The minimum Gasteiger partial charge on any atom is -0.382 e. The highest BCUT2D eigenvalue weighted by Gasteiger charge is 2.56. The van der Waals surface area contributed by atoms with Gasteiger partial charge in [-0.25, -0.2) is 13.8 Å². The zero-order valence-corrected chi connectivity index (χ0v) is 15.5. The minimum absolute atomic E-state index is 0.0360. The van der Waals surface area contributed by atoms with E-state index in [2.05, 4.69) is 27.0 Å². The minimum atomic E-state index is -2.52. The molecular weight excluding hydrogens is 350 g/mol. The first-order valence-corrected chi connectivity index (χ1v) is 9.76. The standard InChI is InChI=1S/C20H26F2N4O/c1-23-18-17(24-11-14-10-20(14,21)22)9-8-16(26-18)12-4-6-15(7-5-12)25-19(27)13-2-3-13/h4,8-9,13-15,24H,2-3,5-7,10-11H2,1H3,(H,23,26)(H,25,27). The number of halogens is 2. The quantitative estimate of drug-likeness (QED) is 0.680. The normalized spacial score (nSPS) is 26.1. The van der Waals surface area contributed by atoms with Crippen molar-refractivity contribution in [1.82, 2.24) is 10.3 Å². The van der Waals surface area contributed by atoms with E-state index in [1.54, 1.807) is 7.05 Å². The Hall–Kier alpha value is -2.18. The van der Waals surface area contributed by atoms with Gasteiger partial charge in [0.1, 0.15) is 5.82 Å². The van der Waals surface area contributed by atoms with Crippen LogP contribution in [0.1, 0.15) is 44.2 Å². The van der Waals surface area contributed by atoms with Crippen molar-refractivity contribution >= 4 is 23.0 Å². The Balaban J connectivity index is 1.37. The van der Waals surface area contributed by atoms with Crippen LogP contribution in [-0.4, -0.2) is 36.4 Å². The third-order valence-electron chi connectivity index (χ3n) is 5.66. The lowest BCUT2D eigenvalue weighted by molar-refractivity contribution is -0.123. The molecule has 27 heavy (non-hydrogen) atoms. The summed E-state index contributed by atoms with van der Waals surface area (Å²) in [6.07, 6.45) is 6.77. The van der Waals surface area contributed by atoms with E-state index in [-0.39, 0.29) is 30.8 Å². The number of alkyl halides is 2. The van der Waals surface area contributed by atoms with Crippen molar-refractivity contribution in [3.8, 4) is 0 Å². The third kappa shape index (κ3) is 4.22. The number of hydrogen-bond donors (Lipinski definition) is 3. The highest BCUT2D eigenvalue weighted by Crippen LogP contribution is 2.48. The van der Waals surface area contributed by atoms with Crippen molar-refractivity contribution in [2.75, 3.05) is 24.2 Å². The molecule has 0 saturated heterocycles. The summed E-state index contributed by atoms with van der Waals surface area (Å²) in [6, 6.07) is 4.05. The second-order valence-electron chi connectivity index (χ2n) is 7.87. The second-order valence-corrected chi connectivity index (χ2v) is 7.87. The Morgan fingerprint density at radius 2 is 2.07 bits per heavy atom. The van der Waals surface area contributed by atoms with Gasteiger partial charge in [0.25, 0.3) is 5.92 Å². The first-order valence-electron chi connectivity index (χ1n) is 9.76. The summed E-state index contributed by atoms with van der Waals surface area (Å²) < 4.78 is 26.1. The first-order chi connectivity index (χ1) is 13.0. The molecule has 3 aliphatic carbocycles. The van der Waals surface area contributed by atoms with Crippen molar-refractivity contribution in [3.63, 3.8) is 0 Å². The molecule has 2 saturated carbocycles. The fourth-order valence-corrected chi connectivity index (χ4v) is 3.56. The lowest BCUT2D eigenvalue weighted by Crippen LogP contribution is -2.36. The predicted molar refractivity (Wildman–Crippen MR) is 102 cm³/mol. The lowest BCUT2D eigenvalue weighted by atomic mass is 9.93. The van der Waals surface area contributed by atoms with Gasteiger partial charge in [0.15, 0.2) is 0 Å². The van der Waals surface area contributed by atoms with E-state index < -0.39 is 11.8 Å². The molecule has 2 atom stereocenters. The second kappa shape index (κ2) is 7.09. The smallest absolute Gasteiger partial charge is 0.253 e. The first kappa shape index (κ1) is 18.2. The number of carbonyl (C=O) groups excluding carboxylic acids is 1. The molecular formula is C20H26F2N4O. The number of nitrogens with one attached hydrogen (secondary N) is 3. The molecule has 0 aliphatic heterocycles. The zero-order chi connectivity index (χ0) is 19.0. The Morgan fingerprint density at radius 3 is 2.67 bits per heavy atom. The van der Waals surface area contributed by atoms with E-state index in [0.717, 1.165) is 43.5 Å². The van der Waals surface area contributed by atoms with Gasteiger partial charge in [-0.05, 0) is 49.8 Å². The van der Waals surface area contributed by atoms with E-state index >= 15 is 0 Å². The van der Waals surface area contributed by atoms with Gasteiger partial charge >= 0.3 is 0 Å². The Kier molecular flexibility index (Phi) is 4.78. The fourth-order valence-electron chi connectivity index (χ4n) is 3.56. The number of nitrogens with zero attached hydrogens (tertiary/aromatic N) is 1. The van der Waals surface area contributed by atoms with Crippen molar-refractivity contribution in [1.29, 1.82) is 0 Å². The molecule has 146 valence electrons. The molecule has 2 unspecified atom stereocenters. The molecule has 1 heterocycles. The molecule has 0 spiro atoms. The molecule has 3 N–H and O–H groups in total. The summed E-state index contributed by atoms with van der Waals surface area (Å²) in [4.78, 5) is 16.6. The molecule has 5 nitrogen and oxygen atoms in total. The number of carbonyl (C=O) groups is 1. The average molecular weight is 376 g/mol. The lowest BCUT2D eigenvalue weighted by Gasteiger charge is -2.23. The third-order valence-corrected chi connectivity index (χ3v) is 5.66. The summed E-state index contributed by atoms with van der Waals surface area (Å²) >= 11 is 0. The molecule has 4 rings (SSSR count). The maximum atomic E-state index is 13.0. The van der Waals surface area contributed by atoms with Crippen LogP contribution in [-0.2, 0) is 4.79 Å².